The third kappa shape index (κ3) is 2.34. The molecule has 0 aliphatic carbocycles. The van der Waals surface area contributed by atoms with E-state index in [1.165, 1.54) is 0 Å². The predicted octanol–water partition coefficient (Wildman–Crippen LogP) is 2.49. The number of aromatic nitrogens is 1. The van der Waals surface area contributed by atoms with Crippen LogP contribution in [-0.2, 0) is 11.8 Å². The first kappa shape index (κ1) is 13.3. The highest BCUT2D eigenvalue weighted by atomic mass is 35.5. The van der Waals surface area contributed by atoms with E-state index >= 15 is 0 Å². The molecule has 0 spiro atoms. The Morgan fingerprint density at radius 1 is 1.40 bits per heavy atom. The fraction of sp³-hybridized carbons (Fsp3) is 0.357. The van der Waals surface area contributed by atoms with Crippen LogP contribution in [0.2, 0.25) is 5.22 Å². The third-order valence-corrected chi connectivity index (χ3v) is 3.70. The lowest BCUT2D eigenvalue weighted by molar-refractivity contribution is -0.00616. The van der Waals surface area contributed by atoms with Gasteiger partial charge in [-0.2, -0.15) is 0 Å². The molecule has 6 heteroatoms. The van der Waals surface area contributed by atoms with Gasteiger partial charge in [-0.05, 0) is 35.9 Å². The lowest BCUT2D eigenvalue weighted by Crippen LogP contribution is -2.43. The number of amides is 1. The third-order valence-electron chi connectivity index (χ3n) is 3.50. The van der Waals surface area contributed by atoms with E-state index in [1.54, 1.807) is 17.0 Å². The SMILES string of the molecule is Cn1cccc1[C@H]1COCCN1C(=O)c1ccc(Cl)o1. The molecule has 1 amide bonds. The molecule has 0 aromatic carbocycles. The summed E-state index contributed by atoms with van der Waals surface area (Å²) in [6, 6.07) is 7.01. The summed E-state index contributed by atoms with van der Waals surface area (Å²) in [5, 5.41) is 0.219. The molecule has 2 aromatic rings. The molecule has 1 atom stereocenters. The molecule has 0 radical (unpaired) electrons. The van der Waals surface area contributed by atoms with Gasteiger partial charge < -0.3 is 18.6 Å². The Morgan fingerprint density at radius 2 is 2.25 bits per heavy atom. The number of carbonyl (C=O) groups excluding carboxylic acids is 1. The second kappa shape index (κ2) is 5.34. The first-order valence-electron chi connectivity index (χ1n) is 6.42. The maximum atomic E-state index is 12.5. The average Bonchev–Trinajstić information content (AvgIpc) is 3.07. The van der Waals surface area contributed by atoms with E-state index in [0.717, 1.165) is 5.69 Å². The lowest BCUT2D eigenvalue weighted by Gasteiger charge is -2.35. The second-order valence-corrected chi connectivity index (χ2v) is 5.11. The number of hydrogen-bond acceptors (Lipinski definition) is 3. The number of hydrogen-bond donors (Lipinski definition) is 0. The zero-order valence-electron chi connectivity index (χ0n) is 11.1. The Morgan fingerprint density at radius 3 is 2.90 bits per heavy atom. The maximum absolute atomic E-state index is 12.5. The molecule has 5 nitrogen and oxygen atoms in total. The zero-order valence-corrected chi connectivity index (χ0v) is 11.8. The molecular weight excluding hydrogens is 280 g/mol. The van der Waals surface area contributed by atoms with Gasteiger partial charge in [0, 0.05) is 25.5 Å². The summed E-state index contributed by atoms with van der Waals surface area (Å²) in [5.74, 6) is 0.0995. The zero-order chi connectivity index (χ0) is 14.1. The Bertz CT molecular complexity index is 619. The fourth-order valence-electron chi connectivity index (χ4n) is 2.48. The van der Waals surface area contributed by atoms with Crippen molar-refractivity contribution in [1.82, 2.24) is 9.47 Å². The number of furan rings is 1. The van der Waals surface area contributed by atoms with E-state index in [-0.39, 0.29) is 22.9 Å². The Balaban J connectivity index is 1.89. The summed E-state index contributed by atoms with van der Waals surface area (Å²) < 4.78 is 12.7. The van der Waals surface area contributed by atoms with Crippen LogP contribution in [0.5, 0.6) is 0 Å². The largest absolute Gasteiger partial charge is 0.440 e. The van der Waals surface area contributed by atoms with E-state index in [4.69, 9.17) is 20.8 Å². The highest BCUT2D eigenvalue weighted by Gasteiger charge is 2.32. The van der Waals surface area contributed by atoms with Gasteiger partial charge in [-0.25, -0.2) is 0 Å². The number of ether oxygens (including phenoxy) is 1. The molecule has 1 saturated heterocycles. The molecule has 0 saturated carbocycles. The molecule has 0 bridgehead atoms. The molecule has 0 N–H and O–H groups in total. The molecule has 0 unspecified atom stereocenters. The van der Waals surface area contributed by atoms with E-state index in [9.17, 15) is 4.79 Å². The van der Waals surface area contributed by atoms with Crippen LogP contribution in [0.3, 0.4) is 0 Å². The Kier molecular flexibility index (Phi) is 3.54. The van der Waals surface area contributed by atoms with Crippen LogP contribution in [0.1, 0.15) is 22.3 Å². The highest BCUT2D eigenvalue weighted by Crippen LogP contribution is 2.27. The number of carbonyl (C=O) groups is 1. The van der Waals surface area contributed by atoms with Crippen LogP contribution < -0.4 is 0 Å². The van der Waals surface area contributed by atoms with Gasteiger partial charge in [0.15, 0.2) is 11.0 Å². The fourth-order valence-corrected chi connectivity index (χ4v) is 2.63. The van der Waals surface area contributed by atoms with Gasteiger partial charge in [-0.15, -0.1) is 0 Å². The summed E-state index contributed by atoms with van der Waals surface area (Å²) in [6.45, 7) is 1.55. The molecule has 20 heavy (non-hydrogen) atoms. The van der Waals surface area contributed by atoms with Crippen LogP contribution in [0.25, 0.3) is 0 Å². The predicted molar refractivity (Wildman–Crippen MR) is 73.7 cm³/mol. The highest BCUT2D eigenvalue weighted by molar-refractivity contribution is 6.29. The van der Waals surface area contributed by atoms with Crippen molar-refractivity contribution < 1.29 is 13.9 Å². The van der Waals surface area contributed by atoms with Crippen molar-refractivity contribution >= 4 is 17.5 Å². The smallest absolute Gasteiger partial charge is 0.290 e. The van der Waals surface area contributed by atoms with Gasteiger partial charge in [-0.1, -0.05) is 0 Å². The van der Waals surface area contributed by atoms with Crippen LogP contribution >= 0.6 is 11.6 Å². The van der Waals surface area contributed by atoms with Gasteiger partial charge in [-0.3, -0.25) is 4.79 Å². The molecule has 1 fully saturated rings. The van der Waals surface area contributed by atoms with Crippen LogP contribution in [0.15, 0.2) is 34.9 Å². The summed E-state index contributed by atoms with van der Waals surface area (Å²) in [6.07, 6.45) is 1.95. The minimum Gasteiger partial charge on any atom is -0.440 e. The second-order valence-electron chi connectivity index (χ2n) is 4.74. The molecule has 3 rings (SSSR count). The standard InChI is InChI=1S/C14H15ClN2O3/c1-16-6-2-3-10(16)11-9-19-8-7-17(11)14(18)12-4-5-13(15)20-12/h2-6,11H,7-9H2,1H3/t11-/m1/s1. The number of halogens is 1. The van der Waals surface area contributed by atoms with Gasteiger partial charge in [0.25, 0.3) is 5.91 Å². The summed E-state index contributed by atoms with van der Waals surface area (Å²) >= 11 is 5.74. The van der Waals surface area contributed by atoms with Crippen molar-refractivity contribution in [3.05, 3.63) is 47.1 Å². The van der Waals surface area contributed by atoms with Gasteiger partial charge in [0.1, 0.15) is 0 Å². The molecule has 106 valence electrons. The number of nitrogens with zero attached hydrogens (tertiary/aromatic N) is 2. The maximum Gasteiger partial charge on any atom is 0.290 e. The first-order valence-corrected chi connectivity index (χ1v) is 6.80. The average molecular weight is 295 g/mol. The quantitative estimate of drug-likeness (QED) is 0.855. The minimum absolute atomic E-state index is 0.111. The van der Waals surface area contributed by atoms with Crippen molar-refractivity contribution in [3.63, 3.8) is 0 Å². The monoisotopic (exact) mass is 294 g/mol. The van der Waals surface area contributed by atoms with Crippen molar-refractivity contribution in [2.45, 2.75) is 6.04 Å². The van der Waals surface area contributed by atoms with E-state index in [0.29, 0.717) is 19.8 Å². The van der Waals surface area contributed by atoms with Gasteiger partial charge in [0.05, 0.1) is 19.3 Å². The van der Waals surface area contributed by atoms with Crippen molar-refractivity contribution in [3.8, 4) is 0 Å². The first-order chi connectivity index (χ1) is 9.66. The van der Waals surface area contributed by atoms with Crippen LogP contribution in [0.4, 0.5) is 0 Å². The lowest BCUT2D eigenvalue weighted by atomic mass is 10.1. The van der Waals surface area contributed by atoms with Crippen LogP contribution in [-0.4, -0.2) is 35.1 Å². The summed E-state index contributed by atoms with van der Waals surface area (Å²) in [5.41, 5.74) is 1.04. The van der Waals surface area contributed by atoms with Crippen molar-refractivity contribution in [2.75, 3.05) is 19.8 Å². The number of rotatable bonds is 2. The number of morpholine rings is 1. The molecular formula is C14H15ClN2O3. The molecule has 3 heterocycles. The minimum atomic E-state index is -0.161. The van der Waals surface area contributed by atoms with Gasteiger partial charge in [0.2, 0.25) is 0 Å². The molecule has 2 aromatic heterocycles. The Labute approximate surface area is 121 Å². The van der Waals surface area contributed by atoms with Crippen molar-refractivity contribution in [1.29, 1.82) is 0 Å². The van der Waals surface area contributed by atoms with E-state index < -0.39 is 0 Å². The van der Waals surface area contributed by atoms with Crippen LogP contribution in [0, 0.1) is 0 Å². The Hall–Kier alpha value is -1.72. The van der Waals surface area contributed by atoms with Crippen molar-refractivity contribution in [2.24, 2.45) is 7.05 Å². The normalized spacial score (nSPS) is 19.3. The molecule has 1 aliphatic heterocycles. The number of aryl methyl sites for hydroxylation is 1. The summed E-state index contributed by atoms with van der Waals surface area (Å²) in [4.78, 5) is 14.3. The van der Waals surface area contributed by atoms with E-state index in [1.807, 2.05) is 29.9 Å². The van der Waals surface area contributed by atoms with E-state index in [2.05, 4.69) is 0 Å². The topological polar surface area (TPSA) is 47.6 Å². The summed E-state index contributed by atoms with van der Waals surface area (Å²) in [7, 11) is 1.95. The molecule has 1 aliphatic rings. The van der Waals surface area contributed by atoms with Gasteiger partial charge >= 0.3 is 0 Å².